The molecule has 0 spiro atoms. The minimum atomic E-state index is 0.344. The number of amides is 1. The van der Waals surface area contributed by atoms with Crippen LogP contribution in [0.1, 0.15) is 26.7 Å². The number of nitrogens with one attached hydrogen (secondary N) is 1. The highest BCUT2D eigenvalue weighted by Gasteiger charge is 2.37. The largest absolute Gasteiger partial charge is 0.341 e. The van der Waals surface area contributed by atoms with Gasteiger partial charge in [-0.3, -0.25) is 4.79 Å². The van der Waals surface area contributed by atoms with E-state index in [9.17, 15) is 4.79 Å². The van der Waals surface area contributed by atoms with Crippen LogP contribution in [0.4, 0.5) is 0 Å². The van der Waals surface area contributed by atoms with Crippen molar-refractivity contribution in [1.82, 2.24) is 10.2 Å². The molecule has 3 heteroatoms. The maximum atomic E-state index is 11.8. The molecule has 2 atom stereocenters. The SMILES string of the molecule is CC(C)CC(=O)N1CC2CCNC2C1. The lowest BCUT2D eigenvalue weighted by Crippen LogP contribution is -2.34. The van der Waals surface area contributed by atoms with Crippen LogP contribution >= 0.6 is 0 Å². The van der Waals surface area contributed by atoms with Gasteiger partial charge in [0.25, 0.3) is 0 Å². The van der Waals surface area contributed by atoms with Gasteiger partial charge in [-0.25, -0.2) is 0 Å². The van der Waals surface area contributed by atoms with E-state index < -0.39 is 0 Å². The fourth-order valence-electron chi connectivity index (χ4n) is 2.53. The number of rotatable bonds is 2. The van der Waals surface area contributed by atoms with Crippen LogP contribution in [0.2, 0.25) is 0 Å². The monoisotopic (exact) mass is 196 g/mol. The molecule has 2 aliphatic rings. The zero-order chi connectivity index (χ0) is 10.1. The molecular weight excluding hydrogens is 176 g/mol. The van der Waals surface area contributed by atoms with Gasteiger partial charge < -0.3 is 10.2 Å². The first-order valence-electron chi connectivity index (χ1n) is 5.68. The lowest BCUT2D eigenvalue weighted by Gasteiger charge is -2.18. The number of carbonyl (C=O) groups excluding carboxylic acids is 1. The molecule has 0 aliphatic carbocycles. The first kappa shape index (κ1) is 9.97. The van der Waals surface area contributed by atoms with Crippen molar-refractivity contribution in [3.63, 3.8) is 0 Å². The lowest BCUT2D eigenvalue weighted by atomic mass is 10.1. The Labute approximate surface area is 85.8 Å². The highest BCUT2D eigenvalue weighted by molar-refractivity contribution is 5.76. The van der Waals surface area contributed by atoms with Gasteiger partial charge in [0.15, 0.2) is 0 Å². The van der Waals surface area contributed by atoms with Gasteiger partial charge in [0.2, 0.25) is 5.91 Å². The average Bonchev–Trinajstić information content (AvgIpc) is 2.58. The van der Waals surface area contributed by atoms with Crippen LogP contribution in [0.25, 0.3) is 0 Å². The van der Waals surface area contributed by atoms with E-state index in [4.69, 9.17) is 0 Å². The standard InChI is InChI=1S/C11H20N2O/c1-8(2)5-11(14)13-6-9-3-4-12-10(9)7-13/h8-10,12H,3-7H2,1-2H3. The zero-order valence-electron chi connectivity index (χ0n) is 9.12. The normalized spacial score (nSPS) is 31.2. The molecule has 1 amide bonds. The topological polar surface area (TPSA) is 32.3 Å². The van der Waals surface area contributed by atoms with Gasteiger partial charge in [-0.2, -0.15) is 0 Å². The minimum Gasteiger partial charge on any atom is -0.341 e. The van der Waals surface area contributed by atoms with E-state index in [0.717, 1.165) is 25.6 Å². The second-order valence-electron chi connectivity index (χ2n) is 5.01. The summed E-state index contributed by atoms with van der Waals surface area (Å²) < 4.78 is 0. The first-order chi connectivity index (χ1) is 6.66. The molecule has 2 aliphatic heterocycles. The summed E-state index contributed by atoms with van der Waals surface area (Å²) in [5.74, 6) is 1.55. The van der Waals surface area contributed by atoms with Crippen LogP contribution in [0.5, 0.6) is 0 Å². The molecule has 2 heterocycles. The Kier molecular flexibility index (Phi) is 2.77. The summed E-state index contributed by atoms with van der Waals surface area (Å²) in [7, 11) is 0. The molecule has 2 rings (SSSR count). The summed E-state index contributed by atoms with van der Waals surface area (Å²) in [6.07, 6.45) is 1.95. The van der Waals surface area contributed by atoms with Crippen molar-refractivity contribution < 1.29 is 4.79 Å². The van der Waals surface area contributed by atoms with E-state index in [2.05, 4.69) is 19.2 Å². The van der Waals surface area contributed by atoms with Crippen LogP contribution in [0.3, 0.4) is 0 Å². The minimum absolute atomic E-state index is 0.344. The van der Waals surface area contributed by atoms with Crippen molar-refractivity contribution >= 4 is 5.91 Å². The Morgan fingerprint density at radius 1 is 1.50 bits per heavy atom. The molecule has 1 N–H and O–H groups in total. The third-order valence-corrected chi connectivity index (χ3v) is 3.30. The predicted molar refractivity (Wildman–Crippen MR) is 55.9 cm³/mol. The van der Waals surface area contributed by atoms with Crippen molar-refractivity contribution in [3.8, 4) is 0 Å². The van der Waals surface area contributed by atoms with Crippen molar-refractivity contribution in [2.24, 2.45) is 11.8 Å². The molecule has 80 valence electrons. The van der Waals surface area contributed by atoms with E-state index in [-0.39, 0.29) is 0 Å². The number of nitrogens with zero attached hydrogens (tertiary/aromatic N) is 1. The Balaban J connectivity index is 1.86. The number of hydrogen-bond donors (Lipinski definition) is 1. The fraction of sp³-hybridized carbons (Fsp3) is 0.909. The molecule has 3 nitrogen and oxygen atoms in total. The van der Waals surface area contributed by atoms with Gasteiger partial charge in [-0.15, -0.1) is 0 Å². The Hall–Kier alpha value is -0.570. The van der Waals surface area contributed by atoms with E-state index in [0.29, 0.717) is 24.3 Å². The van der Waals surface area contributed by atoms with Gasteiger partial charge in [0.1, 0.15) is 0 Å². The maximum absolute atomic E-state index is 11.8. The van der Waals surface area contributed by atoms with Crippen LogP contribution in [-0.4, -0.2) is 36.5 Å². The molecule has 14 heavy (non-hydrogen) atoms. The van der Waals surface area contributed by atoms with Crippen LogP contribution in [-0.2, 0) is 4.79 Å². The van der Waals surface area contributed by atoms with Crippen molar-refractivity contribution in [3.05, 3.63) is 0 Å². The number of carbonyl (C=O) groups is 1. The molecule has 2 fully saturated rings. The maximum Gasteiger partial charge on any atom is 0.222 e. The number of hydrogen-bond acceptors (Lipinski definition) is 2. The molecular formula is C11H20N2O. The molecule has 0 saturated carbocycles. The molecule has 0 aromatic carbocycles. The third kappa shape index (κ3) is 1.92. The van der Waals surface area contributed by atoms with Crippen LogP contribution in [0, 0.1) is 11.8 Å². The number of likely N-dealkylation sites (tertiary alicyclic amines) is 1. The predicted octanol–water partition coefficient (Wildman–Crippen LogP) is 0.853. The Bertz CT molecular complexity index is 215. The fourth-order valence-corrected chi connectivity index (χ4v) is 2.53. The van der Waals surface area contributed by atoms with Gasteiger partial charge in [0.05, 0.1) is 0 Å². The summed E-state index contributed by atoms with van der Waals surface area (Å²) in [5.41, 5.74) is 0. The van der Waals surface area contributed by atoms with Gasteiger partial charge in [0, 0.05) is 25.6 Å². The summed E-state index contributed by atoms with van der Waals surface area (Å²) in [5, 5.41) is 3.46. The smallest absolute Gasteiger partial charge is 0.222 e. The molecule has 0 aromatic rings. The quantitative estimate of drug-likeness (QED) is 0.710. The first-order valence-corrected chi connectivity index (χ1v) is 5.68. The molecule has 2 unspecified atom stereocenters. The second-order valence-corrected chi connectivity index (χ2v) is 5.01. The van der Waals surface area contributed by atoms with E-state index in [1.165, 1.54) is 6.42 Å². The third-order valence-electron chi connectivity index (χ3n) is 3.30. The van der Waals surface area contributed by atoms with E-state index >= 15 is 0 Å². The van der Waals surface area contributed by atoms with E-state index in [1.54, 1.807) is 0 Å². The van der Waals surface area contributed by atoms with Crippen molar-refractivity contribution in [2.45, 2.75) is 32.7 Å². The highest BCUT2D eigenvalue weighted by Crippen LogP contribution is 2.25. The second kappa shape index (κ2) is 3.89. The molecule has 0 bridgehead atoms. The summed E-state index contributed by atoms with van der Waals surface area (Å²) in [6.45, 7) is 7.28. The summed E-state index contributed by atoms with van der Waals surface area (Å²) in [6, 6.07) is 0.589. The van der Waals surface area contributed by atoms with Crippen molar-refractivity contribution in [2.75, 3.05) is 19.6 Å². The Morgan fingerprint density at radius 2 is 2.29 bits per heavy atom. The highest BCUT2D eigenvalue weighted by atomic mass is 16.2. The Morgan fingerprint density at radius 3 is 2.93 bits per heavy atom. The van der Waals surface area contributed by atoms with Crippen LogP contribution in [0.15, 0.2) is 0 Å². The zero-order valence-corrected chi connectivity index (χ0v) is 9.12. The molecule has 0 radical (unpaired) electrons. The molecule has 0 aromatic heterocycles. The number of fused-ring (bicyclic) bond motifs is 1. The van der Waals surface area contributed by atoms with Gasteiger partial charge in [-0.05, 0) is 24.8 Å². The average molecular weight is 196 g/mol. The van der Waals surface area contributed by atoms with Gasteiger partial charge in [-0.1, -0.05) is 13.8 Å². The van der Waals surface area contributed by atoms with Crippen LogP contribution < -0.4 is 5.32 Å². The van der Waals surface area contributed by atoms with Gasteiger partial charge >= 0.3 is 0 Å². The summed E-state index contributed by atoms with van der Waals surface area (Å²) >= 11 is 0. The molecule has 2 saturated heterocycles. The van der Waals surface area contributed by atoms with E-state index in [1.807, 2.05) is 4.90 Å². The van der Waals surface area contributed by atoms with Crippen molar-refractivity contribution in [1.29, 1.82) is 0 Å². The lowest BCUT2D eigenvalue weighted by molar-refractivity contribution is -0.131. The summed E-state index contributed by atoms with van der Waals surface area (Å²) in [4.78, 5) is 13.8.